The number of halogens is 2. The van der Waals surface area contributed by atoms with Crippen molar-refractivity contribution in [2.24, 2.45) is 0 Å². The number of hydrogen-bond donors (Lipinski definition) is 0. The van der Waals surface area contributed by atoms with Crippen LogP contribution >= 0.6 is 0 Å². The SMILES string of the molecule is CCc1c[n+](CC(=O)c2ccc(F)cc2)cn1Cc1c(-c2ccccc2)oc2ccccc12.[Br-]. The summed E-state index contributed by atoms with van der Waals surface area (Å²) in [6.45, 7) is 2.93. The molecule has 0 saturated carbocycles. The van der Waals surface area contributed by atoms with Crippen molar-refractivity contribution >= 4 is 16.8 Å². The van der Waals surface area contributed by atoms with Crippen LogP contribution in [0.5, 0.6) is 0 Å². The highest BCUT2D eigenvalue weighted by Crippen LogP contribution is 2.34. The molecule has 172 valence electrons. The fraction of sp³-hybridized carbons (Fsp3) is 0.143. The monoisotopic (exact) mass is 518 g/mol. The Morgan fingerprint density at radius 2 is 1.68 bits per heavy atom. The minimum Gasteiger partial charge on any atom is -1.00 e. The third-order valence-corrected chi connectivity index (χ3v) is 5.89. The summed E-state index contributed by atoms with van der Waals surface area (Å²) in [6.07, 6.45) is 4.80. The van der Waals surface area contributed by atoms with Gasteiger partial charge in [-0.1, -0.05) is 55.5 Å². The van der Waals surface area contributed by atoms with Crippen molar-refractivity contribution in [1.82, 2.24) is 4.57 Å². The summed E-state index contributed by atoms with van der Waals surface area (Å²) in [4.78, 5) is 12.7. The lowest BCUT2D eigenvalue weighted by Crippen LogP contribution is -3.00. The lowest BCUT2D eigenvalue weighted by molar-refractivity contribution is -0.682. The molecular formula is C28H24BrFN2O2. The smallest absolute Gasteiger partial charge is 0.244 e. The van der Waals surface area contributed by atoms with Crippen molar-refractivity contribution in [3.05, 3.63) is 114 Å². The molecule has 0 amide bonds. The predicted octanol–water partition coefficient (Wildman–Crippen LogP) is 2.83. The van der Waals surface area contributed by atoms with E-state index in [1.807, 2.05) is 53.5 Å². The molecule has 0 aliphatic carbocycles. The molecule has 0 aliphatic heterocycles. The number of aromatic nitrogens is 2. The number of fused-ring (bicyclic) bond motifs is 1. The van der Waals surface area contributed by atoms with Crippen LogP contribution < -0.4 is 21.5 Å². The fourth-order valence-corrected chi connectivity index (χ4v) is 4.22. The van der Waals surface area contributed by atoms with Gasteiger partial charge in [0.1, 0.15) is 35.6 Å². The third-order valence-electron chi connectivity index (χ3n) is 5.89. The lowest BCUT2D eigenvalue weighted by Gasteiger charge is -2.03. The first-order chi connectivity index (χ1) is 16.1. The molecule has 0 unspecified atom stereocenters. The van der Waals surface area contributed by atoms with Gasteiger partial charge in [0.05, 0.1) is 0 Å². The molecule has 0 spiro atoms. The van der Waals surface area contributed by atoms with E-state index in [4.69, 9.17) is 4.42 Å². The molecule has 0 atom stereocenters. The maximum atomic E-state index is 13.2. The maximum absolute atomic E-state index is 13.2. The number of nitrogens with zero attached hydrogens (tertiary/aromatic N) is 2. The average Bonchev–Trinajstić information content (AvgIpc) is 3.41. The summed E-state index contributed by atoms with van der Waals surface area (Å²) in [6, 6.07) is 23.9. The standard InChI is InChI=1S/C28H24FN2O2.BrH/c1-2-23-16-30(18-26(32)20-12-14-22(29)15-13-20)19-31(23)17-25-24-10-6-7-11-27(24)33-28(25)21-8-4-3-5-9-21;/h3-16,19H,2,17-18H2,1H3;1H/q+1;/p-1. The summed E-state index contributed by atoms with van der Waals surface area (Å²) in [5.41, 5.74) is 4.62. The van der Waals surface area contributed by atoms with E-state index in [1.165, 1.54) is 24.3 Å². The van der Waals surface area contributed by atoms with Crippen LogP contribution in [0.25, 0.3) is 22.3 Å². The van der Waals surface area contributed by atoms with E-state index in [1.54, 1.807) is 0 Å². The van der Waals surface area contributed by atoms with E-state index in [0.29, 0.717) is 12.1 Å². The van der Waals surface area contributed by atoms with Crippen molar-refractivity contribution < 1.29 is 35.2 Å². The highest BCUT2D eigenvalue weighted by Gasteiger charge is 2.21. The Morgan fingerprint density at radius 3 is 2.41 bits per heavy atom. The van der Waals surface area contributed by atoms with Crippen LogP contribution in [-0.2, 0) is 19.5 Å². The van der Waals surface area contributed by atoms with Crippen molar-refractivity contribution in [2.75, 3.05) is 0 Å². The van der Waals surface area contributed by atoms with Gasteiger partial charge in [0.2, 0.25) is 12.1 Å². The van der Waals surface area contributed by atoms with Crippen molar-refractivity contribution in [3.8, 4) is 11.3 Å². The molecule has 0 bridgehead atoms. The van der Waals surface area contributed by atoms with E-state index in [9.17, 15) is 9.18 Å². The second kappa shape index (κ2) is 10.2. The number of benzene rings is 3. The summed E-state index contributed by atoms with van der Waals surface area (Å²) in [7, 11) is 0. The second-order valence-corrected chi connectivity index (χ2v) is 8.09. The number of ketones is 1. The zero-order valence-electron chi connectivity index (χ0n) is 18.7. The van der Waals surface area contributed by atoms with E-state index >= 15 is 0 Å². The molecule has 0 aliphatic rings. The number of para-hydroxylation sites is 1. The second-order valence-electron chi connectivity index (χ2n) is 8.09. The lowest BCUT2D eigenvalue weighted by atomic mass is 10.1. The number of imidazole rings is 1. The predicted molar refractivity (Wildman–Crippen MR) is 125 cm³/mol. The van der Waals surface area contributed by atoms with E-state index in [0.717, 1.165) is 40.0 Å². The Kier molecular flexibility index (Phi) is 7.08. The van der Waals surface area contributed by atoms with Crippen LogP contribution in [0, 0.1) is 5.82 Å². The van der Waals surface area contributed by atoms with Gasteiger partial charge >= 0.3 is 0 Å². The Hall–Kier alpha value is -3.51. The molecule has 0 radical (unpaired) electrons. The third kappa shape index (κ3) is 4.73. The average molecular weight is 519 g/mol. The van der Waals surface area contributed by atoms with Gasteiger partial charge in [-0.25, -0.2) is 13.5 Å². The Bertz CT molecular complexity index is 1420. The highest BCUT2D eigenvalue weighted by atomic mass is 79.9. The first-order valence-electron chi connectivity index (χ1n) is 11.0. The summed E-state index contributed by atoms with van der Waals surface area (Å²) >= 11 is 0. The van der Waals surface area contributed by atoms with Crippen LogP contribution in [0.15, 0.2) is 95.8 Å². The van der Waals surface area contributed by atoms with Crippen molar-refractivity contribution in [1.29, 1.82) is 0 Å². The largest absolute Gasteiger partial charge is 1.00 e. The Labute approximate surface area is 208 Å². The number of Topliss-reactive ketones (excluding diaryl/α,β-unsaturated/α-hetero) is 1. The normalized spacial score (nSPS) is 10.9. The van der Waals surface area contributed by atoms with Gasteiger partial charge in [-0.05, 0) is 30.3 Å². The molecule has 2 aromatic heterocycles. The summed E-state index contributed by atoms with van der Waals surface area (Å²) in [5, 5.41) is 1.08. The zero-order valence-corrected chi connectivity index (χ0v) is 20.3. The number of carbonyl (C=O) groups excluding carboxylic acids is 1. The van der Waals surface area contributed by atoms with Gasteiger partial charge < -0.3 is 21.4 Å². The van der Waals surface area contributed by atoms with Crippen LogP contribution in [-0.4, -0.2) is 10.4 Å². The molecule has 5 aromatic rings. The molecule has 3 aromatic carbocycles. The first kappa shape index (κ1) is 23.6. The number of furan rings is 1. The summed E-state index contributed by atoms with van der Waals surface area (Å²) in [5.74, 6) is 0.459. The van der Waals surface area contributed by atoms with E-state index < -0.39 is 0 Å². The van der Waals surface area contributed by atoms with Gasteiger partial charge in [0, 0.05) is 28.5 Å². The highest BCUT2D eigenvalue weighted by molar-refractivity contribution is 5.95. The van der Waals surface area contributed by atoms with Crippen LogP contribution in [0.2, 0.25) is 0 Å². The maximum Gasteiger partial charge on any atom is 0.244 e. The molecule has 2 heterocycles. The molecule has 0 N–H and O–H groups in total. The molecular weight excluding hydrogens is 495 g/mol. The van der Waals surface area contributed by atoms with Crippen LogP contribution in [0.4, 0.5) is 4.39 Å². The van der Waals surface area contributed by atoms with Crippen LogP contribution in [0.1, 0.15) is 28.5 Å². The van der Waals surface area contributed by atoms with Gasteiger partial charge in [-0.3, -0.25) is 4.79 Å². The molecule has 0 saturated heterocycles. The zero-order chi connectivity index (χ0) is 22.8. The molecule has 6 heteroatoms. The minimum absolute atomic E-state index is 0. The van der Waals surface area contributed by atoms with Gasteiger partial charge in [0.25, 0.3) is 0 Å². The number of aryl methyl sites for hydroxylation is 1. The molecule has 0 fully saturated rings. The Morgan fingerprint density at radius 1 is 0.971 bits per heavy atom. The molecule has 5 rings (SSSR count). The quantitative estimate of drug-likeness (QED) is 0.245. The van der Waals surface area contributed by atoms with Gasteiger partial charge in [-0.15, -0.1) is 0 Å². The fourth-order valence-electron chi connectivity index (χ4n) is 4.22. The molecule has 4 nitrogen and oxygen atoms in total. The van der Waals surface area contributed by atoms with Gasteiger partial charge in [-0.2, -0.15) is 0 Å². The van der Waals surface area contributed by atoms with E-state index in [2.05, 4.69) is 29.7 Å². The summed E-state index contributed by atoms with van der Waals surface area (Å²) < 4.78 is 23.5. The first-order valence-corrected chi connectivity index (χ1v) is 11.0. The van der Waals surface area contributed by atoms with Crippen molar-refractivity contribution in [3.63, 3.8) is 0 Å². The van der Waals surface area contributed by atoms with Crippen LogP contribution in [0.3, 0.4) is 0 Å². The number of carbonyl (C=O) groups is 1. The Balaban J connectivity index is 0.00000274. The number of hydrogen-bond acceptors (Lipinski definition) is 2. The van der Waals surface area contributed by atoms with E-state index in [-0.39, 0.29) is 35.1 Å². The number of rotatable bonds is 7. The minimum atomic E-state index is -0.347. The molecule has 34 heavy (non-hydrogen) atoms. The van der Waals surface area contributed by atoms with Gasteiger partial charge in [0.15, 0.2) is 6.54 Å². The van der Waals surface area contributed by atoms with Crippen molar-refractivity contribution in [2.45, 2.75) is 26.4 Å². The topological polar surface area (TPSA) is 39.0 Å².